The van der Waals surface area contributed by atoms with E-state index in [1.54, 1.807) is 12.1 Å². The van der Waals surface area contributed by atoms with E-state index >= 15 is 0 Å². The lowest BCUT2D eigenvalue weighted by Crippen LogP contribution is -2.17. The highest BCUT2D eigenvalue weighted by molar-refractivity contribution is 5.77. The zero-order valence-electron chi connectivity index (χ0n) is 8.20. The van der Waals surface area contributed by atoms with Gasteiger partial charge in [0.1, 0.15) is 5.82 Å². The number of allylic oxidation sites excluding steroid dienone is 1. The van der Waals surface area contributed by atoms with Gasteiger partial charge in [-0.05, 0) is 36.1 Å². The van der Waals surface area contributed by atoms with Gasteiger partial charge in [-0.25, -0.2) is 4.39 Å². The van der Waals surface area contributed by atoms with Gasteiger partial charge in [-0.3, -0.25) is 0 Å². The van der Waals surface area contributed by atoms with Gasteiger partial charge in [-0.2, -0.15) is 5.26 Å². The van der Waals surface area contributed by atoms with E-state index in [1.807, 2.05) is 0 Å². The van der Waals surface area contributed by atoms with Crippen molar-refractivity contribution in [1.82, 2.24) is 0 Å². The second-order valence-corrected chi connectivity index (χ2v) is 3.66. The summed E-state index contributed by atoms with van der Waals surface area (Å²) >= 11 is 0. The summed E-state index contributed by atoms with van der Waals surface area (Å²) in [6, 6.07) is 8.20. The van der Waals surface area contributed by atoms with Crippen LogP contribution >= 0.6 is 0 Å². The summed E-state index contributed by atoms with van der Waals surface area (Å²) in [7, 11) is 0. The Morgan fingerprint density at radius 3 is 2.60 bits per heavy atom. The molecule has 1 aromatic rings. The molecule has 2 N–H and O–H groups in total. The molecule has 1 aromatic carbocycles. The summed E-state index contributed by atoms with van der Waals surface area (Å²) in [6.45, 7) is 0. The van der Waals surface area contributed by atoms with Gasteiger partial charge in [0.05, 0.1) is 6.07 Å². The van der Waals surface area contributed by atoms with Crippen LogP contribution in [0.3, 0.4) is 0 Å². The molecule has 0 aromatic heterocycles. The SMILES string of the molecule is N#CC1=C(c2ccc(F)cc2)C(N)CC1. The molecule has 2 rings (SSSR count). The van der Waals surface area contributed by atoms with Crippen LogP contribution in [0.5, 0.6) is 0 Å². The summed E-state index contributed by atoms with van der Waals surface area (Å²) in [6.07, 6.45) is 1.53. The zero-order chi connectivity index (χ0) is 10.8. The summed E-state index contributed by atoms with van der Waals surface area (Å²) < 4.78 is 12.7. The van der Waals surface area contributed by atoms with Crippen LogP contribution in [0, 0.1) is 17.1 Å². The van der Waals surface area contributed by atoms with Crippen molar-refractivity contribution in [2.24, 2.45) is 5.73 Å². The lowest BCUT2D eigenvalue weighted by Gasteiger charge is -2.09. The Morgan fingerprint density at radius 2 is 2.00 bits per heavy atom. The maximum absolute atomic E-state index is 12.7. The minimum atomic E-state index is -0.274. The molecule has 76 valence electrons. The first-order chi connectivity index (χ1) is 7.22. The monoisotopic (exact) mass is 202 g/mol. The predicted octanol–water partition coefficient (Wildman–Crippen LogP) is 2.22. The molecule has 1 aliphatic carbocycles. The predicted molar refractivity (Wildman–Crippen MR) is 56.1 cm³/mol. The van der Waals surface area contributed by atoms with E-state index in [2.05, 4.69) is 6.07 Å². The van der Waals surface area contributed by atoms with Crippen molar-refractivity contribution >= 4 is 5.57 Å². The lowest BCUT2D eigenvalue weighted by atomic mass is 10.00. The first-order valence-corrected chi connectivity index (χ1v) is 4.87. The molecule has 3 heteroatoms. The molecule has 0 saturated carbocycles. The number of nitrogens with zero attached hydrogens (tertiary/aromatic N) is 1. The van der Waals surface area contributed by atoms with E-state index in [0.717, 1.165) is 29.6 Å². The second kappa shape index (κ2) is 3.84. The van der Waals surface area contributed by atoms with Crippen LogP contribution in [0.15, 0.2) is 29.8 Å². The van der Waals surface area contributed by atoms with E-state index in [-0.39, 0.29) is 11.9 Å². The standard InChI is InChI=1S/C12H11FN2/c13-10-4-1-8(2-5-10)12-9(7-14)3-6-11(12)15/h1-2,4-5,11H,3,6,15H2. The average Bonchev–Trinajstić information content (AvgIpc) is 2.61. The normalized spacial score (nSPS) is 20.5. The van der Waals surface area contributed by atoms with Gasteiger partial charge < -0.3 is 5.73 Å². The maximum Gasteiger partial charge on any atom is 0.123 e. The molecule has 15 heavy (non-hydrogen) atoms. The van der Waals surface area contributed by atoms with E-state index in [4.69, 9.17) is 11.0 Å². The first kappa shape index (κ1) is 9.88. The van der Waals surface area contributed by atoms with Crippen LogP contribution < -0.4 is 5.73 Å². The van der Waals surface area contributed by atoms with Crippen LogP contribution in [0.1, 0.15) is 18.4 Å². The largest absolute Gasteiger partial charge is 0.324 e. The summed E-state index contributed by atoms with van der Waals surface area (Å²) in [5.41, 5.74) is 8.37. The fraction of sp³-hybridized carbons (Fsp3) is 0.250. The smallest absolute Gasteiger partial charge is 0.123 e. The van der Waals surface area contributed by atoms with Gasteiger partial charge in [0.2, 0.25) is 0 Å². The first-order valence-electron chi connectivity index (χ1n) is 4.87. The van der Waals surface area contributed by atoms with Crippen LogP contribution in [0.4, 0.5) is 4.39 Å². The minimum absolute atomic E-state index is 0.0925. The van der Waals surface area contributed by atoms with Gasteiger partial charge >= 0.3 is 0 Å². The summed E-state index contributed by atoms with van der Waals surface area (Å²) in [5.74, 6) is -0.274. The number of hydrogen-bond donors (Lipinski definition) is 1. The second-order valence-electron chi connectivity index (χ2n) is 3.66. The maximum atomic E-state index is 12.7. The lowest BCUT2D eigenvalue weighted by molar-refractivity contribution is 0.627. The summed E-state index contributed by atoms with van der Waals surface area (Å²) in [5, 5.41) is 8.93. The molecule has 0 spiro atoms. The van der Waals surface area contributed by atoms with Crippen LogP contribution in [0.2, 0.25) is 0 Å². The Morgan fingerprint density at radius 1 is 1.33 bits per heavy atom. The van der Waals surface area contributed by atoms with Crippen LogP contribution in [-0.4, -0.2) is 6.04 Å². The molecular formula is C12H11FN2. The quantitative estimate of drug-likeness (QED) is 0.759. The topological polar surface area (TPSA) is 49.8 Å². The molecule has 0 aliphatic heterocycles. The average molecular weight is 202 g/mol. The van der Waals surface area contributed by atoms with Crippen molar-refractivity contribution in [3.63, 3.8) is 0 Å². The fourth-order valence-corrected chi connectivity index (χ4v) is 1.94. The fourth-order valence-electron chi connectivity index (χ4n) is 1.94. The van der Waals surface area contributed by atoms with Gasteiger partial charge in [-0.15, -0.1) is 0 Å². The molecule has 0 radical (unpaired) electrons. The third-order valence-corrected chi connectivity index (χ3v) is 2.69. The van der Waals surface area contributed by atoms with Crippen molar-refractivity contribution in [1.29, 1.82) is 5.26 Å². The van der Waals surface area contributed by atoms with Gasteiger partial charge in [0.25, 0.3) is 0 Å². The van der Waals surface area contributed by atoms with Gasteiger partial charge in [-0.1, -0.05) is 12.1 Å². The molecule has 2 nitrogen and oxygen atoms in total. The van der Waals surface area contributed by atoms with Gasteiger partial charge in [0, 0.05) is 11.6 Å². The van der Waals surface area contributed by atoms with Crippen LogP contribution in [0.25, 0.3) is 5.57 Å². The van der Waals surface area contributed by atoms with E-state index < -0.39 is 0 Å². The van der Waals surface area contributed by atoms with Crippen molar-refractivity contribution in [2.75, 3.05) is 0 Å². The Hall–Kier alpha value is -1.66. The molecule has 0 amide bonds. The Kier molecular flexibility index (Phi) is 2.53. The van der Waals surface area contributed by atoms with Gasteiger partial charge in [0.15, 0.2) is 0 Å². The highest BCUT2D eigenvalue weighted by atomic mass is 19.1. The third-order valence-electron chi connectivity index (χ3n) is 2.69. The third kappa shape index (κ3) is 1.77. The number of halogens is 1. The molecule has 0 saturated heterocycles. The zero-order valence-corrected chi connectivity index (χ0v) is 8.20. The Bertz CT molecular complexity index is 440. The number of benzene rings is 1. The number of nitrogens with two attached hydrogens (primary N) is 1. The minimum Gasteiger partial charge on any atom is -0.324 e. The number of rotatable bonds is 1. The Labute approximate surface area is 87.8 Å². The van der Waals surface area contributed by atoms with Crippen molar-refractivity contribution < 1.29 is 4.39 Å². The number of hydrogen-bond acceptors (Lipinski definition) is 2. The highest BCUT2D eigenvalue weighted by Crippen LogP contribution is 2.32. The highest BCUT2D eigenvalue weighted by Gasteiger charge is 2.23. The molecule has 1 atom stereocenters. The summed E-state index contributed by atoms with van der Waals surface area (Å²) in [4.78, 5) is 0. The van der Waals surface area contributed by atoms with E-state index in [1.165, 1.54) is 12.1 Å². The molecule has 1 aliphatic rings. The molecule has 1 unspecified atom stereocenters. The van der Waals surface area contributed by atoms with E-state index in [0.29, 0.717) is 0 Å². The molecular weight excluding hydrogens is 191 g/mol. The van der Waals surface area contributed by atoms with Crippen molar-refractivity contribution in [2.45, 2.75) is 18.9 Å². The molecule has 0 bridgehead atoms. The molecule has 0 fully saturated rings. The van der Waals surface area contributed by atoms with E-state index in [9.17, 15) is 4.39 Å². The van der Waals surface area contributed by atoms with Crippen molar-refractivity contribution in [3.05, 3.63) is 41.2 Å². The number of nitriles is 1. The van der Waals surface area contributed by atoms with Crippen molar-refractivity contribution in [3.8, 4) is 6.07 Å². The molecule has 0 heterocycles. The van der Waals surface area contributed by atoms with Crippen LogP contribution in [-0.2, 0) is 0 Å². The Balaban J connectivity index is 2.46.